The lowest BCUT2D eigenvalue weighted by Gasteiger charge is -2.41. The second kappa shape index (κ2) is 5.83. The zero-order chi connectivity index (χ0) is 15.1. The predicted molar refractivity (Wildman–Crippen MR) is 81.8 cm³/mol. The summed E-state index contributed by atoms with van der Waals surface area (Å²) in [5.41, 5.74) is -0.642. The molecule has 5 nitrogen and oxygen atoms in total. The molecule has 0 radical (unpaired) electrons. The molecule has 1 atom stereocenters. The van der Waals surface area contributed by atoms with Gasteiger partial charge in [0, 0.05) is 13.1 Å². The molecule has 0 amide bonds. The van der Waals surface area contributed by atoms with Gasteiger partial charge >= 0.3 is 0 Å². The van der Waals surface area contributed by atoms with E-state index in [2.05, 4.69) is 15.9 Å². The van der Waals surface area contributed by atoms with Gasteiger partial charge in [-0.05, 0) is 35.8 Å². The van der Waals surface area contributed by atoms with E-state index < -0.39 is 21.7 Å². The Morgan fingerprint density at radius 1 is 1.65 bits per heavy atom. The molecule has 0 saturated carbocycles. The molecule has 1 unspecified atom stereocenters. The first kappa shape index (κ1) is 16.7. The predicted octanol–water partition coefficient (Wildman–Crippen LogP) is 2.32. The van der Waals surface area contributed by atoms with Crippen LogP contribution in [0.4, 0.5) is 0 Å². The summed E-state index contributed by atoms with van der Waals surface area (Å²) in [6, 6.07) is 1.43. The smallest absolute Gasteiger partial charge is 0.252 e. The van der Waals surface area contributed by atoms with Crippen molar-refractivity contribution in [2.45, 2.75) is 29.8 Å². The third-order valence-corrected chi connectivity index (χ3v) is 7.61. The molecule has 0 aromatic carbocycles. The molecule has 2 rings (SSSR count). The molecule has 1 fully saturated rings. The fourth-order valence-electron chi connectivity index (χ4n) is 2.10. The third kappa shape index (κ3) is 3.37. The molecule has 1 aromatic heterocycles. The summed E-state index contributed by atoms with van der Waals surface area (Å²) in [4.78, 5) is 0. The lowest BCUT2D eigenvalue weighted by molar-refractivity contribution is -0.131. The second-order valence-corrected chi connectivity index (χ2v) is 10.1. The first-order chi connectivity index (χ1) is 9.15. The second-order valence-electron chi connectivity index (χ2n) is 5.17. The minimum absolute atomic E-state index is 0.134. The Hall–Kier alpha value is 0.300. The molecule has 1 aromatic rings. The van der Waals surface area contributed by atoms with E-state index in [1.807, 2.05) is 0 Å². The Labute approximate surface area is 135 Å². The standard InChI is InChI=1S/C11H15BrClNO4S2/c1-11(2)6-14(4-7(5-15)18-11)20(16,17)9-3-8(13)10(12)19-9/h3,7,15H,4-6H2,1-2H3. The van der Waals surface area contributed by atoms with Crippen molar-refractivity contribution in [2.75, 3.05) is 19.7 Å². The Morgan fingerprint density at radius 3 is 2.80 bits per heavy atom. The molecule has 1 saturated heterocycles. The number of hydrogen-bond acceptors (Lipinski definition) is 5. The van der Waals surface area contributed by atoms with E-state index in [0.29, 0.717) is 8.81 Å². The molecule has 20 heavy (non-hydrogen) atoms. The van der Waals surface area contributed by atoms with Crippen molar-refractivity contribution in [3.8, 4) is 0 Å². The quantitative estimate of drug-likeness (QED) is 0.839. The third-order valence-electron chi connectivity index (χ3n) is 2.87. The Kier molecular flexibility index (Phi) is 4.86. The zero-order valence-electron chi connectivity index (χ0n) is 11.0. The lowest BCUT2D eigenvalue weighted by atomic mass is 10.1. The van der Waals surface area contributed by atoms with Crippen molar-refractivity contribution >= 4 is 48.9 Å². The Balaban J connectivity index is 2.33. The number of halogens is 2. The molecular formula is C11H15BrClNO4S2. The molecule has 0 aliphatic carbocycles. The number of morpholine rings is 1. The molecule has 2 heterocycles. The molecule has 0 bridgehead atoms. The summed E-state index contributed by atoms with van der Waals surface area (Å²) >= 11 is 10.2. The van der Waals surface area contributed by atoms with Crippen LogP contribution < -0.4 is 0 Å². The van der Waals surface area contributed by atoms with E-state index in [0.717, 1.165) is 11.3 Å². The van der Waals surface area contributed by atoms with Crippen LogP contribution in [0.25, 0.3) is 0 Å². The SMILES string of the molecule is CC1(C)CN(S(=O)(=O)c2cc(Cl)c(Br)s2)CC(CO)O1. The fourth-order valence-corrected chi connectivity index (χ4v) is 6.28. The van der Waals surface area contributed by atoms with Crippen molar-refractivity contribution in [3.63, 3.8) is 0 Å². The number of sulfonamides is 1. The maximum Gasteiger partial charge on any atom is 0.252 e. The largest absolute Gasteiger partial charge is 0.394 e. The van der Waals surface area contributed by atoms with E-state index in [4.69, 9.17) is 16.3 Å². The number of rotatable bonds is 3. The van der Waals surface area contributed by atoms with Crippen molar-refractivity contribution < 1.29 is 18.3 Å². The molecule has 0 spiro atoms. The summed E-state index contributed by atoms with van der Waals surface area (Å²) in [5, 5.41) is 9.63. The highest BCUT2D eigenvalue weighted by molar-refractivity contribution is 9.11. The van der Waals surface area contributed by atoms with E-state index in [-0.39, 0.29) is 23.9 Å². The summed E-state index contributed by atoms with van der Waals surface area (Å²) in [6.45, 7) is 3.75. The van der Waals surface area contributed by atoms with Gasteiger partial charge in [-0.25, -0.2) is 8.42 Å². The minimum atomic E-state index is -3.63. The van der Waals surface area contributed by atoms with Crippen molar-refractivity contribution in [1.29, 1.82) is 0 Å². The number of aliphatic hydroxyl groups is 1. The molecular weight excluding hydrogens is 390 g/mol. The topological polar surface area (TPSA) is 66.8 Å². The van der Waals surface area contributed by atoms with Crippen molar-refractivity contribution in [3.05, 3.63) is 14.9 Å². The van der Waals surface area contributed by atoms with Gasteiger partial charge in [0.15, 0.2) is 0 Å². The summed E-state index contributed by atoms with van der Waals surface area (Å²) in [5.74, 6) is 0. The molecule has 114 valence electrons. The first-order valence-electron chi connectivity index (χ1n) is 5.89. The monoisotopic (exact) mass is 403 g/mol. The molecule has 1 N–H and O–H groups in total. The van der Waals surface area contributed by atoms with Crippen LogP contribution in [0.5, 0.6) is 0 Å². The van der Waals surface area contributed by atoms with Crippen LogP contribution in [0.1, 0.15) is 13.8 Å². The van der Waals surface area contributed by atoms with Crippen LogP contribution >= 0.6 is 38.9 Å². The van der Waals surface area contributed by atoms with Crippen LogP contribution in [-0.2, 0) is 14.8 Å². The number of thiophene rings is 1. The van der Waals surface area contributed by atoms with E-state index >= 15 is 0 Å². The average molecular weight is 405 g/mol. The summed E-state index contributed by atoms with van der Waals surface area (Å²) in [7, 11) is -3.63. The van der Waals surface area contributed by atoms with Gasteiger partial charge in [0.25, 0.3) is 10.0 Å². The van der Waals surface area contributed by atoms with Gasteiger partial charge in [0.2, 0.25) is 0 Å². The van der Waals surface area contributed by atoms with E-state index in [1.54, 1.807) is 13.8 Å². The van der Waals surface area contributed by atoms with Gasteiger partial charge in [0.05, 0.1) is 27.1 Å². The van der Waals surface area contributed by atoms with Gasteiger partial charge in [-0.3, -0.25) is 0 Å². The summed E-state index contributed by atoms with van der Waals surface area (Å²) < 4.78 is 33.0. The molecule has 9 heteroatoms. The van der Waals surface area contributed by atoms with Gasteiger partial charge in [-0.15, -0.1) is 11.3 Å². The fraction of sp³-hybridized carbons (Fsp3) is 0.636. The van der Waals surface area contributed by atoms with Crippen molar-refractivity contribution in [1.82, 2.24) is 4.31 Å². The maximum atomic E-state index is 12.6. The van der Waals surface area contributed by atoms with Gasteiger partial charge in [0.1, 0.15) is 4.21 Å². The van der Waals surface area contributed by atoms with E-state index in [9.17, 15) is 13.5 Å². The van der Waals surface area contributed by atoms with Gasteiger partial charge < -0.3 is 9.84 Å². The minimum Gasteiger partial charge on any atom is -0.394 e. The van der Waals surface area contributed by atoms with Crippen LogP contribution in [0.15, 0.2) is 14.1 Å². The van der Waals surface area contributed by atoms with Crippen LogP contribution in [-0.4, -0.2) is 49.2 Å². The molecule has 1 aliphatic heterocycles. The molecule has 1 aliphatic rings. The lowest BCUT2D eigenvalue weighted by Crippen LogP contribution is -2.55. The number of aliphatic hydroxyl groups excluding tert-OH is 1. The first-order valence-corrected chi connectivity index (χ1v) is 9.32. The van der Waals surface area contributed by atoms with Gasteiger partial charge in [-0.2, -0.15) is 4.31 Å². The maximum absolute atomic E-state index is 12.6. The highest BCUT2D eigenvalue weighted by Crippen LogP contribution is 2.37. The van der Waals surface area contributed by atoms with Gasteiger partial charge in [-0.1, -0.05) is 11.6 Å². The number of ether oxygens (including phenoxy) is 1. The van der Waals surface area contributed by atoms with E-state index in [1.165, 1.54) is 10.4 Å². The average Bonchev–Trinajstić information content (AvgIpc) is 2.68. The van der Waals surface area contributed by atoms with Crippen LogP contribution in [0.3, 0.4) is 0 Å². The number of hydrogen-bond donors (Lipinski definition) is 1. The Bertz CT molecular complexity index is 582. The van der Waals surface area contributed by atoms with Crippen LogP contribution in [0, 0.1) is 0 Å². The zero-order valence-corrected chi connectivity index (χ0v) is 14.9. The summed E-state index contributed by atoms with van der Waals surface area (Å²) in [6.07, 6.45) is -0.521. The Morgan fingerprint density at radius 2 is 2.30 bits per heavy atom. The highest BCUT2D eigenvalue weighted by Gasteiger charge is 2.39. The van der Waals surface area contributed by atoms with Crippen molar-refractivity contribution in [2.24, 2.45) is 0 Å². The normalized spacial score (nSPS) is 23.9. The van der Waals surface area contributed by atoms with Crippen LogP contribution in [0.2, 0.25) is 5.02 Å². The number of nitrogens with zero attached hydrogens (tertiary/aromatic N) is 1. The highest BCUT2D eigenvalue weighted by atomic mass is 79.9.